The Morgan fingerprint density at radius 2 is 1.93 bits per heavy atom. The number of benzene rings is 2. The van der Waals surface area contributed by atoms with E-state index in [2.05, 4.69) is 25.9 Å². The number of amides is 3. The largest absolute Gasteiger partial charge is 0.345 e. The third kappa shape index (κ3) is 5.41. The fourth-order valence-corrected chi connectivity index (χ4v) is 4.17. The van der Waals surface area contributed by atoms with Gasteiger partial charge in [-0.15, -0.1) is 0 Å². The summed E-state index contributed by atoms with van der Waals surface area (Å²) in [6.07, 6.45) is 6.11. The minimum absolute atomic E-state index is 0.0836. The molecule has 202 valence electrons. The number of aromatic nitrogens is 3. The van der Waals surface area contributed by atoms with Gasteiger partial charge in [-0.05, 0) is 61.0 Å². The zero-order valence-electron chi connectivity index (χ0n) is 21.0. The number of anilines is 2. The number of imidazole rings is 1. The van der Waals surface area contributed by atoms with Gasteiger partial charge in [-0.25, -0.2) is 13.8 Å². The van der Waals surface area contributed by atoms with Crippen LogP contribution in [0.2, 0.25) is 0 Å². The van der Waals surface area contributed by atoms with E-state index < -0.39 is 35.0 Å². The van der Waals surface area contributed by atoms with Crippen molar-refractivity contribution < 1.29 is 23.2 Å². The number of nitrogens with zero attached hydrogens (tertiary/aromatic N) is 2. The number of nitrogens with one attached hydrogen (secondary N) is 4. The van der Waals surface area contributed by atoms with Gasteiger partial charge in [-0.2, -0.15) is 0 Å². The van der Waals surface area contributed by atoms with E-state index in [9.17, 15) is 28.0 Å². The Labute approximate surface area is 225 Å². The molecule has 2 aromatic heterocycles. The molecule has 4 aromatic rings. The molecule has 5 rings (SSSR count). The van der Waals surface area contributed by atoms with E-state index in [0.29, 0.717) is 33.8 Å². The number of hydrogen-bond donors (Lipinski definition) is 4. The maximum Gasteiger partial charge on any atom is 0.263 e. The van der Waals surface area contributed by atoms with Gasteiger partial charge in [-0.3, -0.25) is 19.2 Å². The molecule has 12 heteroatoms. The highest BCUT2D eigenvalue weighted by molar-refractivity contribution is 6.35. The van der Waals surface area contributed by atoms with Crippen molar-refractivity contribution in [3.8, 4) is 0 Å². The number of pyridine rings is 1. The molecule has 40 heavy (non-hydrogen) atoms. The van der Waals surface area contributed by atoms with Gasteiger partial charge in [0.2, 0.25) is 5.91 Å². The number of aromatic amines is 1. The molecule has 0 saturated heterocycles. The molecule has 1 aliphatic rings. The lowest BCUT2D eigenvalue weighted by Gasteiger charge is -2.15. The van der Waals surface area contributed by atoms with E-state index in [1.54, 1.807) is 30.5 Å². The van der Waals surface area contributed by atoms with Gasteiger partial charge in [0.1, 0.15) is 11.6 Å². The SMILES string of the molecule is C[C@@H](NC(=O)c1cccn(Cc2ccc(F)c(F)c2)c1=O)C(=O)Nc1ccc2c(c1)/C(=C/c1cnc[nH]1)C(=O)N2. The molecule has 3 heterocycles. The second-order valence-electron chi connectivity index (χ2n) is 9.07. The standard InChI is InChI=1S/C28H22F2N6O4/c1-15(33-26(38)19-3-2-8-36(28(19)40)13-16-4-6-22(29)23(30)9-16)25(37)34-17-5-7-24-20(10-17)21(27(39)35-24)11-18-12-31-14-32-18/h2-12,14-15H,13H2,1H3,(H,31,32)(H,33,38)(H,34,37)(H,35,39)/b21-11-/t15-/m1/s1. The van der Waals surface area contributed by atoms with Crippen molar-refractivity contribution in [2.75, 3.05) is 10.6 Å². The highest BCUT2D eigenvalue weighted by Gasteiger charge is 2.25. The molecular formula is C28H22F2N6O4. The molecular weight excluding hydrogens is 522 g/mol. The number of fused-ring (bicyclic) bond motifs is 1. The number of H-pyrrole nitrogens is 1. The van der Waals surface area contributed by atoms with Gasteiger partial charge in [-0.1, -0.05) is 6.07 Å². The smallest absolute Gasteiger partial charge is 0.263 e. The summed E-state index contributed by atoms with van der Waals surface area (Å²) < 4.78 is 28.0. The summed E-state index contributed by atoms with van der Waals surface area (Å²) in [5, 5.41) is 7.96. The first-order valence-corrected chi connectivity index (χ1v) is 12.1. The topological polar surface area (TPSA) is 138 Å². The maximum atomic E-state index is 13.6. The van der Waals surface area contributed by atoms with Crippen molar-refractivity contribution in [2.24, 2.45) is 0 Å². The zero-order chi connectivity index (χ0) is 28.4. The summed E-state index contributed by atoms with van der Waals surface area (Å²) in [6.45, 7) is 1.37. The Kier molecular flexibility index (Phi) is 7.06. The van der Waals surface area contributed by atoms with Crippen molar-refractivity contribution in [2.45, 2.75) is 19.5 Å². The van der Waals surface area contributed by atoms with Crippen LogP contribution in [0.15, 0.2) is 72.0 Å². The molecule has 0 saturated carbocycles. The van der Waals surface area contributed by atoms with Gasteiger partial charge in [0.05, 0.1) is 30.3 Å². The van der Waals surface area contributed by atoms with E-state index in [0.717, 1.165) is 12.1 Å². The van der Waals surface area contributed by atoms with E-state index >= 15 is 0 Å². The number of halogens is 2. The van der Waals surface area contributed by atoms with Crippen LogP contribution in [-0.2, 0) is 16.1 Å². The van der Waals surface area contributed by atoms with Crippen molar-refractivity contribution in [3.05, 3.63) is 112 Å². The lowest BCUT2D eigenvalue weighted by atomic mass is 10.1. The Morgan fingerprint density at radius 1 is 1.10 bits per heavy atom. The normalized spacial score (nSPS) is 14.0. The number of hydrogen-bond acceptors (Lipinski definition) is 5. The van der Waals surface area contributed by atoms with Crippen LogP contribution in [0, 0.1) is 11.6 Å². The Bertz CT molecular complexity index is 1730. The average molecular weight is 545 g/mol. The highest BCUT2D eigenvalue weighted by atomic mass is 19.2. The Balaban J connectivity index is 1.27. The summed E-state index contributed by atoms with van der Waals surface area (Å²) in [5.41, 5.74) is 2.03. The van der Waals surface area contributed by atoms with Gasteiger partial charge in [0, 0.05) is 23.1 Å². The fraction of sp³-hybridized carbons (Fsp3) is 0.107. The van der Waals surface area contributed by atoms with Gasteiger partial charge in [0.25, 0.3) is 17.4 Å². The van der Waals surface area contributed by atoms with Crippen molar-refractivity contribution in [3.63, 3.8) is 0 Å². The van der Waals surface area contributed by atoms with Gasteiger partial charge < -0.3 is 25.5 Å². The van der Waals surface area contributed by atoms with Crippen LogP contribution in [0.3, 0.4) is 0 Å². The summed E-state index contributed by atoms with van der Waals surface area (Å²) in [7, 11) is 0. The van der Waals surface area contributed by atoms with Crippen molar-refractivity contribution in [1.82, 2.24) is 19.9 Å². The minimum Gasteiger partial charge on any atom is -0.345 e. The quantitative estimate of drug-likeness (QED) is 0.265. The van der Waals surface area contributed by atoms with Gasteiger partial charge >= 0.3 is 0 Å². The minimum atomic E-state index is -1.05. The fourth-order valence-electron chi connectivity index (χ4n) is 4.17. The highest BCUT2D eigenvalue weighted by Crippen LogP contribution is 2.34. The van der Waals surface area contributed by atoms with Crippen molar-refractivity contribution >= 4 is 40.7 Å². The molecule has 0 bridgehead atoms. The van der Waals surface area contributed by atoms with Crippen LogP contribution in [-0.4, -0.2) is 38.3 Å². The van der Waals surface area contributed by atoms with Crippen LogP contribution in [0.25, 0.3) is 11.6 Å². The molecule has 1 aliphatic heterocycles. The van der Waals surface area contributed by atoms with Gasteiger partial charge in [0.15, 0.2) is 11.6 Å². The molecule has 4 N–H and O–H groups in total. The molecule has 0 spiro atoms. The second kappa shape index (κ2) is 10.8. The van der Waals surface area contributed by atoms with Crippen LogP contribution in [0.1, 0.15) is 34.1 Å². The third-order valence-corrected chi connectivity index (χ3v) is 6.23. The van der Waals surface area contributed by atoms with Crippen molar-refractivity contribution in [1.29, 1.82) is 0 Å². The first-order chi connectivity index (χ1) is 19.2. The molecule has 2 aromatic carbocycles. The second-order valence-corrected chi connectivity index (χ2v) is 9.07. The predicted octanol–water partition coefficient (Wildman–Crippen LogP) is 3.15. The Hall–Kier alpha value is -5.39. The monoisotopic (exact) mass is 544 g/mol. The van der Waals surface area contributed by atoms with E-state index in [1.165, 1.54) is 42.2 Å². The first-order valence-electron chi connectivity index (χ1n) is 12.1. The third-order valence-electron chi connectivity index (χ3n) is 6.23. The summed E-state index contributed by atoms with van der Waals surface area (Å²) in [6, 6.07) is 9.91. The summed E-state index contributed by atoms with van der Waals surface area (Å²) in [5.74, 6) is -3.68. The average Bonchev–Trinajstić information content (AvgIpc) is 3.55. The van der Waals surface area contributed by atoms with Crippen LogP contribution < -0.4 is 21.5 Å². The maximum absolute atomic E-state index is 13.6. The summed E-state index contributed by atoms with van der Waals surface area (Å²) in [4.78, 5) is 57.8. The van der Waals surface area contributed by atoms with E-state index in [-0.39, 0.29) is 18.0 Å². The predicted molar refractivity (Wildman–Crippen MR) is 143 cm³/mol. The lowest BCUT2D eigenvalue weighted by molar-refractivity contribution is -0.117. The molecule has 10 nitrogen and oxygen atoms in total. The number of carbonyl (C=O) groups is 3. The van der Waals surface area contributed by atoms with Crippen LogP contribution in [0.5, 0.6) is 0 Å². The number of rotatable bonds is 7. The first kappa shape index (κ1) is 26.2. The molecule has 0 radical (unpaired) electrons. The van der Waals surface area contributed by atoms with Crippen LogP contribution >= 0.6 is 0 Å². The van der Waals surface area contributed by atoms with Crippen LogP contribution in [0.4, 0.5) is 20.2 Å². The Morgan fingerprint density at radius 3 is 2.67 bits per heavy atom. The lowest BCUT2D eigenvalue weighted by Crippen LogP contribution is -2.43. The molecule has 3 amide bonds. The molecule has 0 aliphatic carbocycles. The number of carbonyl (C=O) groups excluding carboxylic acids is 3. The summed E-state index contributed by atoms with van der Waals surface area (Å²) >= 11 is 0. The molecule has 0 unspecified atom stereocenters. The molecule has 1 atom stereocenters. The molecule has 0 fully saturated rings. The van der Waals surface area contributed by atoms with E-state index in [4.69, 9.17) is 0 Å². The zero-order valence-corrected chi connectivity index (χ0v) is 21.0. The van der Waals surface area contributed by atoms with E-state index in [1.807, 2.05) is 0 Å².